The highest BCUT2D eigenvalue weighted by Gasteiger charge is 2.22. The standard InChI is InChI=1S/C14H22N2O/c15-13-5-3-6-14-12(13)7-8-16(14)10-11-4-1-2-9-17-11/h7-8,11,13H,1-6,9-10,15H2. The fraction of sp³-hybridized carbons (Fsp3) is 0.714. The van der Waals surface area contributed by atoms with Crippen molar-refractivity contribution < 1.29 is 4.74 Å². The zero-order valence-corrected chi connectivity index (χ0v) is 10.4. The van der Waals surface area contributed by atoms with Crippen LogP contribution in [0.1, 0.15) is 49.4 Å². The van der Waals surface area contributed by atoms with Gasteiger partial charge in [-0.2, -0.15) is 0 Å². The van der Waals surface area contributed by atoms with E-state index in [4.69, 9.17) is 10.5 Å². The number of hydrogen-bond acceptors (Lipinski definition) is 2. The summed E-state index contributed by atoms with van der Waals surface area (Å²) >= 11 is 0. The molecule has 3 nitrogen and oxygen atoms in total. The van der Waals surface area contributed by atoms with Gasteiger partial charge in [-0.25, -0.2) is 0 Å². The van der Waals surface area contributed by atoms with E-state index in [2.05, 4.69) is 16.8 Å². The summed E-state index contributed by atoms with van der Waals surface area (Å²) in [5, 5.41) is 0. The molecule has 0 radical (unpaired) electrons. The zero-order valence-electron chi connectivity index (χ0n) is 10.4. The van der Waals surface area contributed by atoms with Crippen LogP contribution in [0.25, 0.3) is 0 Å². The number of aromatic nitrogens is 1. The predicted molar refractivity (Wildman–Crippen MR) is 67.9 cm³/mol. The van der Waals surface area contributed by atoms with Crippen LogP contribution in [0.15, 0.2) is 12.3 Å². The second kappa shape index (κ2) is 4.83. The molecule has 0 amide bonds. The minimum absolute atomic E-state index is 0.257. The van der Waals surface area contributed by atoms with Crippen LogP contribution in [-0.2, 0) is 17.7 Å². The molecule has 3 rings (SSSR count). The highest BCUT2D eigenvalue weighted by atomic mass is 16.5. The zero-order chi connectivity index (χ0) is 11.7. The lowest BCUT2D eigenvalue weighted by Gasteiger charge is -2.26. The summed E-state index contributed by atoms with van der Waals surface area (Å²) in [5.74, 6) is 0. The van der Waals surface area contributed by atoms with Gasteiger partial charge >= 0.3 is 0 Å². The third-order valence-electron chi connectivity index (χ3n) is 4.12. The topological polar surface area (TPSA) is 40.2 Å². The SMILES string of the molecule is NC1CCCc2c1ccn2CC1CCCCO1. The second-order valence-corrected chi connectivity index (χ2v) is 5.36. The Bertz CT molecular complexity index is 380. The average Bonchev–Trinajstić information content (AvgIpc) is 2.76. The molecule has 0 spiro atoms. The quantitative estimate of drug-likeness (QED) is 0.853. The Balaban J connectivity index is 1.74. The van der Waals surface area contributed by atoms with Gasteiger partial charge in [0.15, 0.2) is 0 Å². The van der Waals surface area contributed by atoms with Gasteiger partial charge in [0.2, 0.25) is 0 Å². The van der Waals surface area contributed by atoms with Crippen LogP contribution in [0.5, 0.6) is 0 Å². The number of nitrogens with zero attached hydrogens (tertiary/aromatic N) is 1. The van der Waals surface area contributed by atoms with Crippen molar-refractivity contribution in [2.24, 2.45) is 5.73 Å². The van der Waals surface area contributed by atoms with Crippen molar-refractivity contribution in [3.05, 3.63) is 23.5 Å². The Kier molecular flexibility index (Phi) is 3.21. The fourth-order valence-corrected chi connectivity index (χ4v) is 3.13. The molecule has 1 aliphatic heterocycles. The van der Waals surface area contributed by atoms with Gasteiger partial charge in [-0.1, -0.05) is 0 Å². The summed E-state index contributed by atoms with van der Waals surface area (Å²) < 4.78 is 8.20. The van der Waals surface area contributed by atoms with Crippen LogP contribution >= 0.6 is 0 Å². The molecule has 1 aromatic rings. The largest absolute Gasteiger partial charge is 0.376 e. The minimum Gasteiger partial charge on any atom is -0.376 e. The monoisotopic (exact) mass is 234 g/mol. The van der Waals surface area contributed by atoms with E-state index in [-0.39, 0.29) is 6.04 Å². The third kappa shape index (κ3) is 2.26. The highest BCUT2D eigenvalue weighted by Crippen LogP contribution is 2.29. The van der Waals surface area contributed by atoms with Crippen LogP contribution < -0.4 is 5.73 Å². The molecule has 2 heterocycles. The van der Waals surface area contributed by atoms with Gasteiger partial charge in [0, 0.05) is 31.1 Å². The summed E-state index contributed by atoms with van der Waals surface area (Å²) in [6.07, 6.45) is 9.91. The van der Waals surface area contributed by atoms with Crippen LogP contribution in [-0.4, -0.2) is 17.3 Å². The van der Waals surface area contributed by atoms with E-state index in [1.54, 1.807) is 0 Å². The van der Waals surface area contributed by atoms with Crippen LogP contribution in [0.4, 0.5) is 0 Å². The van der Waals surface area contributed by atoms with Crippen molar-refractivity contribution in [2.75, 3.05) is 6.61 Å². The maximum atomic E-state index is 6.15. The summed E-state index contributed by atoms with van der Waals surface area (Å²) in [4.78, 5) is 0. The normalized spacial score (nSPS) is 29.0. The summed E-state index contributed by atoms with van der Waals surface area (Å²) in [7, 11) is 0. The maximum absolute atomic E-state index is 6.15. The second-order valence-electron chi connectivity index (χ2n) is 5.36. The van der Waals surface area contributed by atoms with E-state index in [1.165, 1.54) is 43.4 Å². The Morgan fingerprint density at radius 3 is 3.06 bits per heavy atom. The third-order valence-corrected chi connectivity index (χ3v) is 4.12. The van der Waals surface area contributed by atoms with E-state index < -0.39 is 0 Å². The lowest BCUT2D eigenvalue weighted by molar-refractivity contribution is 0.00556. The molecule has 0 bridgehead atoms. The predicted octanol–water partition coefficient (Wildman–Crippen LogP) is 2.39. The molecule has 0 saturated carbocycles. The molecule has 2 atom stereocenters. The number of ether oxygens (including phenoxy) is 1. The van der Waals surface area contributed by atoms with E-state index in [9.17, 15) is 0 Å². The van der Waals surface area contributed by atoms with Gasteiger partial charge in [0.25, 0.3) is 0 Å². The van der Waals surface area contributed by atoms with Crippen LogP contribution in [0.3, 0.4) is 0 Å². The van der Waals surface area contributed by atoms with Gasteiger partial charge in [-0.05, 0) is 50.2 Å². The van der Waals surface area contributed by atoms with Crippen LogP contribution in [0, 0.1) is 0 Å². The first-order valence-electron chi connectivity index (χ1n) is 6.89. The molecular formula is C14H22N2O. The van der Waals surface area contributed by atoms with Crippen LogP contribution in [0.2, 0.25) is 0 Å². The van der Waals surface area contributed by atoms with E-state index in [1.807, 2.05) is 0 Å². The van der Waals surface area contributed by atoms with Crippen molar-refractivity contribution in [1.29, 1.82) is 0 Å². The number of hydrogen-bond donors (Lipinski definition) is 1. The van der Waals surface area contributed by atoms with E-state index in [0.717, 1.165) is 19.6 Å². The smallest absolute Gasteiger partial charge is 0.0753 e. The number of fused-ring (bicyclic) bond motifs is 1. The molecule has 2 aliphatic rings. The molecule has 2 N–H and O–H groups in total. The van der Waals surface area contributed by atoms with E-state index in [0.29, 0.717) is 6.10 Å². The average molecular weight is 234 g/mol. The highest BCUT2D eigenvalue weighted by molar-refractivity contribution is 5.28. The molecule has 1 fully saturated rings. The van der Waals surface area contributed by atoms with E-state index >= 15 is 0 Å². The summed E-state index contributed by atoms with van der Waals surface area (Å²) in [6, 6.07) is 2.47. The fourth-order valence-electron chi connectivity index (χ4n) is 3.13. The Morgan fingerprint density at radius 2 is 2.24 bits per heavy atom. The molecule has 2 unspecified atom stereocenters. The van der Waals surface area contributed by atoms with Gasteiger partial charge in [0.05, 0.1) is 6.10 Å². The molecule has 94 valence electrons. The Hall–Kier alpha value is -0.800. The molecule has 0 aromatic carbocycles. The maximum Gasteiger partial charge on any atom is 0.0753 e. The minimum atomic E-state index is 0.257. The molecule has 1 saturated heterocycles. The first kappa shape index (κ1) is 11.3. The molecule has 1 aliphatic carbocycles. The van der Waals surface area contributed by atoms with Crippen molar-refractivity contribution in [1.82, 2.24) is 4.57 Å². The molecular weight excluding hydrogens is 212 g/mol. The van der Waals surface area contributed by atoms with Gasteiger partial charge < -0.3 is 15.0 Å². The Labute approximate surface area is 103 Å². The van der Waals surface area contributed by atoms with Crippen molar-refractivity contribution >= 4 is 0 Å². The van der Waals surface area contributed by atoms with Gasteiger partial charge in [-0.3, -0.25) is 0 Å². The lowest BCUT2D eigenvalue weighted by Crippen LogP contribution is -2.26. The Morgan fingerprint density at radius 1 is 1.29 bits per heavy atom. The summed E-state index contributed by atoms with van der Waals surface area (Å²) in [6.45, 7) is 1.95. The lowest BCUT2D eigenvalue weighted by atomic mass is 9.93. The van der Waals surface area contributed by atoms with Crippen molar-refractivity contribution in [3.8, 4) is 0 Å². The first-order chi connectivity index (χ1) is 8.34. The molecule has 1 aromatic heterocycles. The van der Waals surface area contributed by atoms with Crippen molar-refractivity contribution in [2.45, 2.75) is 57.2 Å². The van der Waals surface area contributed by atoms with Gasteiger partial charge in [-0.15, -0.1) is 0 Å². The molecule has 17 heavy (non-hydrogen) atoms. The number of rotatable bonds is 2. The summed E-state index contributed by atoms with van der Waals surface area (Å²) in [5.41, 5.74) is 8.97. The molecule has 3 heteroatoms. The number of nitrogens with two attached hydrogens (primary N) is 1. The van der Waals surface area contributed by atoms with Gasteiger partial charge in [0.1, 0.15) is 0 Å². The van der Waals surface area contributed by atoms with Crippen molar-refractivity contribution in [3.63, 3.8) is 0 Å². The first-order valence-corrected chi connectivity index (χ1v) is 6.89.